The molecule has 21 heavy (non-hydrogen) atoms. The van der Waals surface area contributed by atoms with Crippen LogP contribution in [-0.2, 0) is 9.53 Å². The minimum absolute atomic E-state index is 0.0589. The maximum Gasteiger partial charge on any atom is 0.352 e. The molecule has 0 radical (unpaired) electrons. The third-order valence-corrected chi connectivity index (χ3v) is 3.93. The average Bonchev–Trinajstić information content (AvgIpc) is 2.42. The first-order valence-corrected chi connectivity index (χ1v) is 8.01. The van der Waals surface area contributed by atoms with Gasteiger partial charge in [-0.3, -0.25) is 5.41 Å². The quantitative estimate of drug-likeness (QED) is 0.581. The molecule has 1 aliphatic rings. The van der Waals surface area contributed by atoms with E-state index >= 15 is 0 Å². The number of nitrogens with zero attached hydrogens (tertiary/aromatic N) is 1. The summed E-state index contributed by atoms with van der Waals surface area (Å²) in [5.41, 5.74) is 5.32. The minimum Gasteiger partial charge on any atom is -0.455 e. The smallest absolute Gasteiger partial charge is 0.352 e. The Balaban J connectivity index is 2.57. The molecule has 2 atom stereocenters. The van der Waals surface area contributed by atoms with Crippen molar-refractivity contribution in [2.24, 2.45) is 17.6 Å². The van der Waals surface area contributed by atoms with Crippen LogP contribution in [0.1, 0.15) is 47.0 Å². The molecule has 122 valence electrons. The second-order valence-corrected chi connectivity index (χ2v) is 7.02. The van der Waals surface area contributed by atoms with Crippen molar-refractivity contribution in [2.45, 2.75) is 52.6 Å². The maximum absolute atomic E-state index is 12.0. The van der Waals surface area contributed by atoms with Gasteiger partial charge in [0, 0.05) is 19.0 Å². The van der Waals surface area contributed by atoms with Crippen LogP contribution in [0.2, 0.25) is 0 Å². The lowest BCUT2D eigenvalue weighted by Gasteiger charge is -2.34. The van der Waals surface area contributed by atoms with Crippen LogP contribution < -0.4 is 5.73 Å². The van der Waals surface area contributed by atoms with Gasteiger partial charge in [-0.1, -0.05) is 6.92 Å². The zero-order valence-electron chi connectivity index (χ0n) is 13.9. The largest absolute Gasteiger partial charge is 0.455 e. The molecule has 1 rings (SSSR count). The molecular weight excluding hydrogens is 266 g/mol. The minimum atomic E-state index is -0.544. The van der Waals surface area contributed by atoms with E-state index in [1.807, 2.05) is 27.7 Å². The van der Waals surface area contributed by atoms with Crippen molar-refractivity contribution in [3.63, 3.8) is 0 Å². The molecule has 0 spiro atoms. The van der Waals surface area contributed by atoms with Gasteiger partial charge < -0.3 is 15.4 Å². The standard InChI is InChI=1S/C16H31N3O2/c1-5-13(14(18)15(20)21-16(2,3)4)11-19-8-6-7-12(9-17)10-19/h12-13,18H,5-11,17H2,1-4H3/t12?,13-/m0/s1. The van der Waals surface area contributed by atoms with Gasteiger partial charge in [-0.05, 0) is 59.0 Å². The maximum atomic E-state index is 12.0. The first kappa shape index (κ1) is 18.1. The van der Waals surface area contributed by atoms with Crippen molar-refractivity contribution in [2.75, 3.05) is 26.2 Å². The Morgan fingerprint density at radius 1 is 1.48 bits per heavy atom. The molecule has 0 aromatic heterocycles. The van der Waals surface area contributed by atoms with Gasteiger partial charge in [0.25, 0.3) is 0 Å². The number of esters is 1. The summed E-state index contributed by atoms with van der Waals surface area (Å²) in [5, 5.41) is 8.12. The van der Waals surface area contributed by atoms with Crippen molar-refractivity contribution in [3.8, 4) is 0 Å². The first-order chi connectivity index (χ1) is 9.76. The van der Waals surface area contributed by atoms with E-state index in [0.29, 0.717) is 5.92 Å². The monoisotopic (exact) mass is 297 g/mol. The first-order valence-electron chi connectivity index (χ1n) is 8.01. The van der Waals surface area contributed by atoms with E-state index in [1.165, 1.54) is 6.42 Å². The van der Waals surface area contributed by atoms with Crippen LogP contribution >= 0.6 is 0 Å². The lowest BCUT2D eigenvalue weighted by molar-refractivity contribution is -0.146. The van der Waals surface area contributed by atoms with Crippen LogP contribution in [-0.4, -0.2) is 48.4 Å². The molecule has 0 aromatic carbocycles. The fourth-order valence-corrected chi connectivity index (χ4v) is 2.75. The SMILES string of the molecule is CC[C@@H](CN1CCCC(CN)C1)C(=N)C(=O)OC(C)(C)C. The summed E-state index contributed by atoms with van der Waals surface area (Å²) in [5.74, 6) is 0.00470. The predicted molar refractivity (Wildman–Crippen MR) is 85.6 cm³/mol. The van der Waals surface area contributed by atoms with Gasteiger partial charge >= 0.3 is 5.97 Å². The van der Waals surface area contributed by atoms with Gasteiger partial charge in [0.1, 0.15) is 11.3 Å². The Morgan fingerprint density at radius 3 is 2.67 bits per heavy atom. The molecule has 0 amide bonds. The van der Waals surface area contributed by atoms with Crippen molar-refractivity contribution in [1.82, 2.24) is 4.90 Å². The Kier molecular flexibility index (Phi) is 6.81. The van der Waals surface area contributed by atoms with Gasteiger partial charge in [-0.2, -0.15) is 0 Å². The fourth-order valence-electron chi connectivity index (χ4n) is 2.75. The van der Waals surface area contributed by atoms with E-state index < -0.39 is 11.6 Å². The van der Waals surface area contributed by atoms with Gasteiger partial charge in [0.05, 0.1) is 0 Å². The number of piperidine rings is 1. The molecule has 5 heteroatoms. The van der Waals surface area contributed by atoms with Crippen LogP contribution in [0.5, 0.6) is 0 Å². The molecule has 1 saturated heterocycles. The number of likely N-dealkylation sites (tertiary alicyclic amines) is 1. The molecule has 3 N–H and O–H groups in total. The lowest BCUT2D eigenvalue weighted by atomic mass is 9.94. The van der Waals surface area contributed by atoms with E-state index in [0.717, 1.165) is 39.0 Å². The second kappa shape index (κ2) is 7.90. The number of hydrogen-bond donors (Lipinski definition) is 2. The number of nitrogens with one attached hydrogen (secondary N) is 1. The van der Waals surface area contributed by atoms with E-state index in [9.17, 15) is 4.79 Å². The van der Waals surface area contributed by atoms with Gasteiger partial charge in [0.15, 0.2) is 0 Å². The van der Waals surface area contributed by atoms with Crippen LogP contribution in [0, 0.1) is 17.2 Å². The van der Waals surface area contributed by atoms with Gasteiger partial charge in [-0.25, -0.2) is 4.79 Å². The van der Waals surface area contributed by atoms with Crippen LogP contribution in [0.4, 0.5) is 0 Å². The normalized spacial score (nSPS) is 21.9. The summed E-state index contributed by atoms with van der Waals surface area (Å²) in [6, 6.07) is 0. The number of carbonyl (C=O) groups excluding carboxylic acids is 1. The average molecular weight is 297 g/mol. The highest BCUT2D eigenvalue weighted by Gasteiger charge is 2.28. The molecule has 0 bridgehead atoms. The molecule has 1 aliphatic heterocycles. The van der Waals surface area contributed by atoms with Crippen molar-refractivity contribution in [1.29, 1.82) is 5.41 Å². The molecule has 1 fully saturated rings. The van der Waals surface area contributed by atoms with E-state index in [2.05, 4.69) is 4.90 Å². The Hall–Kier alpha value is -0.940. The zero-order valence-corrected chi connectivity index (χ0v) is 13.9. The third kappa shape index (κ3) is 6.14. The fraction of sp³-hybridized carbons (Fsp3) is 0.875. The summed E-state index contributed by atoms with van der Waals surface area (Å²) in [6.07, 6.45) is 3.12. The third-order valence-electron chi connectivity index (χ3n) is 3.93. The van der Waals surface area contributed by atoms with Crippen LogP contribution in [0.25, 0.3) is 0 Å². The summed E-state index contributed by atoms with van der Waals surface area (Å²) < 4.78 is 5.31. The van der Waals surface area contributed by atoms with E-state index in [4.69, 9.17) is 15.9 Å². The van der Waals surface area contributed by atoms with Crippen LogP contribution in [0.3, 0.4) is 0 Å². The highest BCUT2D eigenvalue weighted by molar-refractivity contribution is 6.36. The molecule has 0 aliphatic carbocycles. The highest BCUT2D eigenvalue weighted by Crippen LogP contribution is 2.19. The molecule has 0 saturated carbocycles. The Labute approximate surface area is 128 Å². The summed E-state index contributed by atoms with van der Waals surface area (Å²) in [6.45, 7) is 11.0. The Bertz CT molecular complexity index is 363. The number of hydrogen-bond acceptors (Lipinski definition) is 5. The Morgan fingerprint density at radius 2 is 2.14 bits per heavy atom. The van der Waals surface area contributed by atoms with Crippen molar-refractivity contribution in [3.05, 3.63) is 0 Å². The summed E-state index contributed by atoms with van der Waals surface area (Å²) in [7, 11) is 0. The summed E-state index contributed by atoms with van der Waals surface area (Å²) >= 11 is 0. The second-order valence-electron chi connectivity index (χ2n) is 7.02. The predicted octanol–water partition coefficient (Wildman–Crippen LogP) is 2.04. The van der Waals surface area contributed by atoms with Crippen molar-refractivity contribution >= 4 is 11.7 Å². The topological polar surface area (TPSA) is 79.4 Å². The van der Waals surface area contributed by atoms with Crippen LogP contribution in [0.15, 0.2) is 0 Å². The molecule has 0 aromatic rings. The highest BCUT2D eigenvalue weighted by atomic mass is 16.6. The van der Waals surface area contributed by atoms with E-state index in [-0.39, 0.29) is 11.6 Å². The molecule has 1 heterocycles. The van der Waals surface area contributed by atoms with E-state index in [1.54, 1.807) is 0 Å². The zero-order chi connectivity index (χ0) is 16.0. The molecular formula is C16H31N3O2. The number of carbonyl (C=O) groups is 1. The van der Waals surface area contributed by atoms with Gasteiger partial charge in [-0.15, -0.1) is 0 Å². The molecule has 5 nitrogen and oxygen atoms in total. The number of ether oxygens (including phenoxy) is 1. The lowest BCUT2D eigenvalue weighted by Crippen LogP contribution is -2.43. The van der Waals surface area contributed by atoms with Crippen molar-refractivity contribution < 1.29 is 9.53 Å². The number of nitrogens with two attached hydrogens (primary N) is 1. The molecule has 1 unspecified atom stereocenters. The summed E-state index contributed by atoms with van der Waals surface area (Å²) in [4.78, 5) is 14.4. The van der Waals surface area contributed by atoms with Gasteiger partial charge in [0.2, 0.25) is 0 Å². The number of rotatable bonds is 6.